The summed E-state index contributed by atoms with van der Waals surface area (Å²) >= 11 is 2.99. The first-order valence-corrected chi connectivity index (χ1v) is 54.6. The second kappa shape index (κ2) is 81.0. The highest BCUT2D eigenvalue weighted by atomic mass is 32.1. The minimum absolute atomic E-state index is 0.345. The number of hydrogen-bond donors (Lipinski definition) is 11. The van der Waals surface area contributed by atoms with E-state index in [2.05, 4.69) is 356 Å². The number of aromatic nitrogens is 14. The molecule has 17 rings (SSSR count). The Labute approximate surface area is 863 Å². The molecule has 33 heteroatoms. The minimum Gasteiger partial charge on any atom is -0.432 e. The maximum atomic E-state index is 5.21. The maximum Gasteiger partial charge on any atom is 0.294 e. The van der Waals surface area contributed by atoms with Gasteiger partial charge in [-0.05, 0) is 328 Å². The SMILES string of the molecule is CC(C)C1CCCCN1.CC(C)C1CCN1.CC(C)C1CNC1.CC(C)N1CCC1.CC(C)N1CCCCC1.CC(C)N1CCNCC1.CC(C)N1CCOCC1.CC(C)Nc1ccn[nH]1.CC(C)Nc1ccsn1.CC(C)Nc1cnoc1.CC(C)Nc1ncco1.CC(C)c1ccc[nH]1.CC(C)c1ccn[nH]1.CC(C)c1ccsn1.CC(C)c1cnoc1.CC(C)c1nnco1.CC(C)n1cccn1. The van der Waals surface area contributed by atoms with Gasteiger partial charge in [-0.25, -0.2) is 4.98 Å². The number of nitrogens with one attached hydrogen (secondary N) is 11. The summed E-state index contributed by atoms with van der Waals surface area (Å²) in [6.07, 6.45) is 31.6. The second-order valence-corrected chi connectivity index (χ2v) is 42.6. The molecule has 0 aliphatic carbocycles. The molecule has 11 N–H and O–H groups in total. The molecule has 0 bridgehead atoms. The van der Waals surface area contributed by atoms with Gasteiger partial charge >= 0.3 is 0 Å². The Hall–Kier alpha value is -8.22. The van der Waals surface area contributed by atoms with Gasteiger partial charge in [0, 0.05) is 164 Å². The highest BCUT2D eigenvalue weighted by molar-refractivity contribution is 7.04. The van der Waals surface area contributed by atoms with Gasteiger partial charge in [0.25, 0.3) is 6.01 Å². The van der Waals surface area contributed by atoms with Crippen molar-refractivity contribution in [2.75, 3.05) is 126 Å². The van der Waals surface area contributed by atoms with E-state index >= 15 is 0 Å². The van der Waals surface area contributed by atoms with Crippen LogP contribution in [0.4, 0.5) is 23.3 Å². The zero-order valence-corrected chi connectivity index (χ0v) is 95.8. The largest absolute Gasteiger partial charge is 0.432 e. The zero-order chi connectivity index (χ0) is 105. The van der Waals surface area contributed by atoms with Crippen LogP contribution < -0.4 is 42.5 Å². The van der Waals surface area contributed by atoms with Crippen molar-refractivity contribution >= 4 is 46.4 Å². The molecule has 806 valence electrons. The van der Waals surface area contributed by atoms with Crippen LogP contribution in [0.1, 0.15) is 351 Å². The van der Waals surface area contributed by atoms with Crippen molar-refractivity contribution in [1.29, 1.82) is 0 Å². The van der Waals surface area contributed by atoms with E-state index in [0.717, 1.165) is 116 Å². The maximum absolute atomic E-state index is 5.21. The van der Waals surface area contributed by atoms with Crippen LogP contribution in [0, 0.1) is 23.7 Å². The number of ether oxygens (including phenoxy) is 1. The number of aromatic amines is 3. The van der Waals surface area contributed by atoms with Crippen LogP contribution in [0.25, 0.3) is 0 Å². The van der Waals surface area contributed by atoms with Gasteiger partial charge in [0.2, 0.25) is 12.3 Å². The smallest absolute Gasteiger partial charge is 0.294 e. The molecule has 0 amide bonds. The predicted molar refractivity (Wildman–Crippen MR) is 596 cm³/mol. The summed E-state index contributed by atoms with van der Waals surface area (Å²) in [5, 5.41) is 61.6. The van der Waals surface area contributed by atoms with Crippen molar-refractivity contribution in [2.24, 2.45) is 23.7 Å². The van der Waals surface area contributed by atoms with Gasteiger partial charge in [0.1, 0.15) is 30.4 Å². The van der Waals surface area contributed by atoms with E-state index in [0.29, 0.717) is 77.7 Å². The molecule has 31 nitrogen and oxygen atoms in total. The molecule has 7 aliphatic heterocycles. The van der Waals surface area contributed by atoms with E-state index in [1.54, 1.807) is 56.0 Å². The summed E-state index contributed by atoms with van der Waals surface area (Å²) in [4.78, 5) is 17.0. The Morgan fingerprint density at radius 2 is 0.986 bits per heavy atom. The van der Waals surface area contributed by atoms with Gasteiger partial charge in [-0.1, -0.05) is 134 Å². The Morgan fingerprint density at radius 3 is 1.27 bits per heavy atom. The molecule has 2 atom stereocenters. The molecule has 7 fully saturated rings. The van der Waals surface area contributed by atoms with Crippen LogP contribution in [-0.2, 0) is 4.74 Å². The van der Waals surface area contributed by atoms with Crippen LogP contribution in [0.3, 0.4) is 0 Å². The average molecular weight is 2010 g/mol. The Bertz CT molecular complexity index is 3520. The van der Waals surface area contributed by atoms with Crippen LogP contribution in [0.15, 0.2) is 146 Å². The number of oxazole rings is 1. The lowest BCUT2D eigenvalue weighted by Gasteiger charge is -2.34. The predicted octanol–water partition coefficient (Wildman–Crippen LogP) is 24.2. The molecule has 7 saturated heterocycles. The Kier molecular flexibility index (Phi) is 75.2. The number of rotatable bonds is 21. The first kappa shape index (κ1) is 131. The summed E-state index contributed by atoms with van der Waals surface area (Å²) in [5.41, 5.74) is 5.81. The fourth-order valence-electron chi connectivity index (χ4n) is 13.4. The molecule has 10 aromatic heterocycles. The summed E-state index contributed by atoms with van der Waals surface area (Å²) in [6.45, 7) is 92.7. The molecule has 0 saturated carbocycles. The summed E-state index contributed by atoms with van der Waals surface area (Å²) in [7, 11) is 0. The third-order valence-electron chi connectivity index (χ3n) is 23.0. The van der Waals surface area contributed by atoms with Crippen molar-refractivity contribution < 1.29 is 22.6 Å². The van der Waals surface area contributed by atoms with E-state index in [4.69, 9.17) is 13.6 Å². The first-order chi connectivity index (χ1) is 67.1. The topological polar surface area (TPSA) is 352 Å². The number of morpholine rings is 1. The van der Waals surface area contributed by atoms with Crippen molar-refractivity contribution in [3.05, 3.63) is 157 Å². The standard InChI is InChI=1S/2C8H17N.C7H16N2.C7H15NO.C7H11N.C6H11N3.2C6H10N2O.C6H10N2S.2C6H10N2.C6H9NO.C6H9NS.3C6H13N.C5H8N2O/c1-8(2)9-6-4-3-5-7-9;1-7(2)8-5-3-4-6-9-8;1-7(2)9-5-3-8-4-6-9;1-7(2)8-3-5-9-6-4-8;1-6(2)7-4-3-5-8-7;1-5(2)8-6-3-4-7-9-6;1-5(2)8-6-3-7-9-4-6;1-5(2)8-6-7-3-4-9-6;1-5(2)7-6-3-4-9-8-6;1-6(2)8-5-3-4-7-8;1-5(2)6-3-4-7-8-6;1-5(2)6-3-7-8-4-6;1-5(2)6-3-4-8-7-6;1-5(2)6-3-7-4-6;1-6(2)7-4-3-5-7;1-5(2)6-3-4-7-6;1-4(2)5-7-6-3-8-5/h8H,3-7H2,1-2H3;7-9H,3-6H2,1-2H3;7-8H,3-6H2,1-2H3;7H,3-6H2,1-2H3;3-6,8H,1-2H3;3-5H,1-2H3,(H2,7,8,9);3-5,8H,1-2H3;2*3-5H,1-2H3,(H,7,8);3-6H,1-2H3;3-5H,1-2H3,(H,7,8);2*3-5H,1-2H3;5-7H,3-4H2,1-2H3;6H,3-5H2,1-2H3;5-7H,3-4H2,1-2H3;3-4H,1-2H3. The normalized spacial score (nSPS) is 16.1. The van der Waals surface area contributed by atoms with E-state index < -0.39 is 0 Å². The Morgan fingerprint density at radius 1 is 0.433 bits per heavy atom. The first-order valence-electron chi connectivity index (χ1n) is 53.0. The van der Waals surface area contributed by atoms with E-state index in [1.807, 2.05) is 85.9 Å². The molecule has 7 aliphatic rings. The van der Waals surface area contributed by atoms with E-state index in [-0.39, 0.29) is 0 Å². The highest BCUT2D eigenvalue weighted by Gasteiger charge is 2.22. The summed E-state index contributed by atoms with van der Waals surface area (Å²) in [6, 6.07) is 21.4. The van der Waals surface area contributed by atoms with Crippen LogP contribution in [-0.4, -0.2) is 254 Å². The van der Waals surface area contributed by atoms with Crippen molar-refractivity contribution in [1.82, 2.24) is 110 Å². The third kappa shape index (κ3) is 68.7. The average Bonchev–Trinajstić information content (AvgIpc) is 1.75. The second-order valence-electron chi connectivity index (χ2n) is 41.3. The number of H-pyrrole nitrogens is 3. The van der Waals surface area contributed by atoms with Gasteiger partial charge in [-0.3, -0.25) is 24.7 Å². The van der Waals surface area contributed by atoms with Gasteiger partial charge < -0.3 is 79.9 Å². The summed E-state index contributed by atoms with van der Waals surface area (Å²) in [5.74, 6) is 8.84. The van der Waals surface area contributed by atoms with Crippen LogP contribution in [0.2, 0.25) is 0 Å². The number of anilines is 4. The zero-order valence-electron chi connectivity index (χ0n) is 94.2. The molecule has 2 unspecified atom stereocenters. The molecule has 0 radical (unpaired) electrons. The fourth-order valence-corrected chi connectivity index (χ4v) is 14.5. The number of nitrogens with zero attached hydrogens (tertiary/aromatic N) is 15. The monoisotopic (exact) mass is 2010 g/mol. The number of piperidine rings is 2. The van der Waals surface area contributed by atoms with Gasteiger partial charge in [-0.2, -0.15) is 24.0 Å². The van der Waals surface area contributed by atoms with Crippen molar-refractivity contribution in [2.45, 2.75) is 383 Å². The lowest BCUT2D eigenvalue weighted by molar-refractivity contribution is 0.0238. The van der Waals surface area contributed by atoms with Crippen LogP contribution in [0.5, 0.6) is 0 Å². The molecule has 17 heterocycles. The quantitative estimate of drug-likeness (QED) is 0.0318. The molecular formula is C108H202N26O5S2. The van der Waals surface area contributed by atoms with E-state index in [1.165, 1.54) is 163 Å². The van der Waals surface area contributed by atoms with Gasteiger partial charge in [-0.15, -0.1) is 10.2 Å². The van der Waals surface area contributed by atoms with Gasteiger partial charge in [0.15, 0.2) is 0 Å². The fraction of sp³-hybridized carbons (Fsp3) is 0.722. The lowest BCUT2D eigenvalue weighted by atomic mass is 9.91. The van der Waals surface area contributed by atoms with Crippen LogP contribution >= 0.6 is 23.1 Å². The van der Waals surface area contributed by atoms with Gasteiger partial charge in [0.05, 0.1) is 49.4 Å². The lowest BCUT2D eigenvalue weighted by Crippen LogP contribution is -2.46. The van der Waals surface area contributed by atoms with E-state index in [9.17, 15) is 0 Å². The highest BCUT2D eigenvalue weighted by Crippen LogP contribution is 2.20. The third-order valence-corrected chi connectivity index (χ3v) is 24.1. The molecular weight excluding hydrogens is 1810 g/mol. The molecule has 141 heavy (non-hydrogen) atoms. The number of likely N-dealkylation sites (tertiary alicyclic amines) is 2. The Balaban J connectivity index is 0.000000749. The summed E-state index contributed by atoms with van der Waals surface area (Å²) < 4.78 is 34.4. The number of piperazine rings is 1. The molecule has 10 aromatic rings. The minimum atomic E-state index is 0.345. The molecule has 0 spiro atoms. The number of hydrogen-bond acceptors (Lipinski definition) is 29. The van der Waals surface area contributed by atoms with Crippen molar-refractivity contribution in [3.63, 3.8) is 0 Å². The van der Waals surface area contributed by atoms with Crippen molar-refractivity contribution in [3.8, 4) is 0 Å². The molecule has 0 aromatic carbocycles.